The van der Waals surface area contributed by atoms with Gasteiger partial charge in [-0.25, -0.2) is 0 Å². The minimum absolute atomic E-state index is 0.0811. The zero-order valence-corrected chi connectivity index (χ0v) is 38.7. The van der Waals surface area contributed by atoms with E-state index in [0.717, 1.165) is 35.7 Å². The van der Waals surface area contributed by atoms with Gasteiger partial charge in [0.15, 0.2) is 0 Å². The van der Waals surface area contributed by atoms with Gasteiger partial charge in [-0.2, -0.15) is 0 Å². The van der Waals surface area contributed by atoms with Crippen LogP contribution < -0.4 is 9.64 Å². The van der Waals surface area contributed by atoms with E-state index >= 15 is 0 Å². The lowest BCUT2D eigenvalue weighted by Crippen LogP contribution is -2.32. The summed E-state index contributed by atoms with van der Waals surface area (Å²) in [5.74, 6) is 1.91. The van der Waals surface area contributed by atoms with Crippen LogP contribution in [0.3, 0.4) is 0 Å². The predicted octanol–water partition coefficient (Wildman–Crippen LogP) is 18.1. The second-order valence-corrected chi connectivity index (χ2v) is 19.6. The average Bonchev–Trinajstić information content (AvgIpc) is 3.95. The molecular weight excluding hydrogens is 855 g/mol. The van der Waals surface area contributed by atoms with Crippen molar-refractivity contribution < 1.29 is 4.74 Å². The van der Waals surface area contributed by atoms with Crippen molar-refractivity contribution in [3.63, 3.8) is 0 Å². The fraction of sp³-hybridized carbons (Fsp3) is 0.0606. The summed E-state index contributed by atoms with van der Waals surface area (Å²) in [7, 11) is 0. The van der Waals surface area contributed by atoms with E-state index in [9.17, 15) is 0 Å². The summed E-state index contributed by atoms with van der Waals surface area (Å²) in [5.41, 5.74) is 14.5. The highest BCUT2D eigenvalue weighted by Crippen LogP contribution is 2.62. The highest BCUT2D eigenvalue weighted by molar-refractivity contribution is 7.27. The largest absolute Gasteiger partial charge is 0.457 e. The summed E-state index contributed by atoms with van der Waals surface area (Å²) in [5, 5.41) is 7.68. The Hall–Kier alpha value is -8.24. The van der Waals surface area contributed by atoms with Gasteiger partial charge in [0.2, 0.25) is 0 Å². The Bertz CT molecular complexity index is 3870. The molecule has 2 aliphatic rings. The zero-order valence-electron chi connectivity index (χ0n) is 37.8. The predicted molar refractivity (Wildman–Crippen MR) is 289 cm³/mol. The van der Waals surface area contributed by atoms with Gasteiger partial charge in [-0.05, 0) is 111 Å². The smallest absolute Gasteiger partial charge is 0.132 e. The summed E-state index contributed by atoms with van der Waals surface area (Å²) < 4.78 is 9.43. The Morgan fingerprint density at radius 1 is 0.435 bits per heavy atom. The summed E-state index contributed by atoms with van der Waals surface area (Å²) in [6, 6.07) is 89.7. The van der Waals surface area contributed by atoms with Gasteiger partial charge in [-0.3, -0.25) is 0 Å². The molecule has 0 saturated carbocycles. The summed E-state index contributed by atoms with van der Waals surface area (Å²) in [4.78, 5) is 2.44. The Balaban J connectivity index is 1.05. The molecule has 0 bridgehead atoms. The molecule has 69 heavy (non-hydrogen) atoms. The highest BCUT2D eigenvalue weighted by atomic mass is 32.1. The molecular formula is C66H45NOS. The van der Waals surface area contributed by atoms with Crippen LogP contribution >= 0.6 is 11.3 Å². The third-order valence-corrected chi connectivity index (χ3v) is 16.2. The number of aryl methyl sites for hydroxylation is 1. The first-order valence-corrected chi connectivity index (χ1v) is 24.9. The second kappa shape index (κ2) is 15.9. The molecule has 12 aromatic rings. The van der Waals surface area contributed by atoms with E-state index in [0.29, 0.717) is 0 Å². The number of thiophene rings is 1. The van der Waals surface area contributed by atoms with E-state index < -0.39 is 5.41 Å². The highest BCUT2D eigenvalue weighted by Gasteiger charge is 2.51. The van der Waals surface area contributed by atoms with Crippen molar-refractivity contribution in [2.75, 3.05) is 4.90 Å². The van der Waals surface area contributed by atoms with Gasteiger partial charge in [0.05, 0.1) is 11.1 Å². The number of ether oxygens (including phenoxy) is 1. The van der Waals surface area contributed by atoms with E-state index in [1.165, 1.54) is 97.5 Å². The van der Waals surface area contributed by atoms with Crippen molar-refractivity contribution >= 4 is 70.1 Å². The fourth-order valence-electron chi connectivity index (χ4n) is 12.0. The molecule has 0 fully saturated rings. The van der Waals surface area contributed by atoms with Crippen LogP contribution in [0.25, 0.3) is 52.8 Å². The van der Waals surface area contributed by atoms with E-state index in [1.54, 1.807) is 0 Å². The second-order valence-electron chi connectivity index (χ2n) is 18.6. The van der Waals surface area contributed by atoms with Gasteiger partial charge in [0.1, 0.15) is 11.5 Å². The summed E-state index contributed by atoms with van der Waals surface area (Å²) >= 11 is 1.97. The molecule has 0 amide bonds. The molecule has 2 nitrogen and oxygen atoms in total. The molecule has 3 heteroatoms. The summed E-state index contributed by atoms with van der Waals surface area (Å²) in [6.45, 7) is 0. The first-order chi connectivity index (χ1) is 34.2. The van der Waals surface area contributed by atoms with Crippen molar-refractivity contribution in [1.82, 2.24) is 0 Å². The average molecular weight is 900 g/mol. The number of hydrogen-bond donors (Lipinski definition) is 0. The first kappa shape index (κ1) is 39.9. The number of para-hydroxylation sites is 4. The van der Waals surface area contributed by atoms with Gasteiger partial charge in [-0.1, -0.05) is 194 Å². The molecule has 326 valence electrons. The van der Waals surface area contributed by atoms with Crippen LogP contribution in [0.2, 0.25) is 0 Å². The van der Waals surface area contributed by atoms with Crippen molar-refractivity contribution in [1.29, 1.82) is 0 Å². The monoisotopic (exact) mass is 899 g/mol. The SMILES string of the molecule is c1ccc(CCC(c2ccc3c(c2)C2(c4ccccc4Oc4ccccc42)c2ccccc2-3)c2cc3ccccc3c3c2sc2c4ccccc4c(N(c4ccccc4)c4ccccc4)cc23)cc1. The van der Waals surface area contributed by atoms with Crippen molar-refractivity contribution in [3.05, 3.63) is 282 Å². The lowest BCUT2D eigenvalue weighted by molar-refractivity contribution is 0.436. The Morgan fingerprint density at radius 2 is 1.00 bits per heavy atom. The molecule has 1 spiro atoms. The van der Waals surface area contributed by atoms with Gasteiger partial charge in [-0.15, -0.1) is 11.3 Å². The van der Waals surface area contributed by atoms with Crippen LogP contribution in [0.1, 0.15) is 51.3 Å². The van der Waals surface area contributed by atoms with Crippen molar-refractivity contribution in [3.8, 4) is 22.6 Å². The third kappa shape index (κ3) is 6.10. The Morgan fingerprint density at radius 3 is 1.71 bits per heavy atom. The zero-order chi connectivity index (χ0) is 45.5. The normalized spacial score (nSPS) is 13.5. The molecule has 1 unspecified atom stereocenters. The standard InChI is InChI=1S/C66H45NOS/c1-4-20-43(21-5-1)36-38-48(45-37-39-51-50-28-14-15-31-56(50)66(59(51)41-45)57-32-16-18-34-61(57)68-62-35-19-17-33-58(62)66)54-40-44-22-10-11-27-49(44)63-55-42-60(52-29-12-13-30-53(52)64(55)69-65(54)63)67(46-23-6-2-7-24-46)47-25-8-3-9-26-47/h1-35,37,39-42,48H,36,38H2. The Kier molecular flexibility index (Phi) is 9.22. The van der Waals surface area contributed by atoms with Crippen molar-refractivity contribution in [2.45, 2.75) is 24.2 Å². The number of rotatable bonds is 8. The van der Waals surface area contributed by atoms with Gasteiger partial charge in [0.25, 0.3) is 0 Å². The fourth-order valence-corrected chi connectivity index (χ4v) is 13.4. The third-order valence-electron chi connectivity index (χ3n) is 15.0. The lowest BCUT2D eigenvalue weighted by atomic mass is 9.65. The van der Waals surface area contributed by atoms with E-state index in [4.69, 9.17) is 4.74 Å². The van der Waals surface area contributed by atoms with E-state index in [2.05, 4.69) is 248 Å². The summed E-state index contributed by atoms with van der Waals surface area (Å²) in [6.07, 6.45) is 1.89. The maximum atomic E-state index is 6.75. The number of hydrogen-bond acceptors (Lipinski definition) is 3. The van der Waals surface area contributed by atoms with Gasteiger partial charge in [0, 0.05) is 59.4 Å². The van der Waals surface area contributed by atoms with Crippen LogP contribution in [0.5, 0.6) is 11.5 Å². The topological polar surface area (TPSA) is 12.5 Å². The number of nitrogens with zero attached hydrogens (tertiary/aromatic N) is 1. The molecule has 0 saturated heterocycles. The van der Waals surface area contributed by atoms with Gasteiger partial charge >= 0.3 is 0 Å². The van der Waals surface area contributed by atoms with Crippen LogP contribution in [0, 0.1) is 0 Å². The molecule has 1 aromatic heterocycles. The molecule has 0 radical (unpaired) electrons. The van der Waals surface area contributed by atoms with Gasteiger partial charge < -0.3 is 9.64 Å². The maximum absolute atomic E-state index is 6.75. The molecule has 0 N–H and O–H groups in total. The minimum Gasteiger partial charge on any atom is -0.457 e. The lowest BCUT2D eigenvalue weighted by Gasteiger charge is -2.39. The van der Waals surface area contributed by atoms with Crippen LogP contribution in [0.15, 0.2) is 243 Å². The van der Waals surface area contributed by atoms with Crippen LogP contribution in [-0.4, -0.2) is 0 Å². The van der Waals surface area contributed by atoms with E-state index in [1.807, 2.05) is 11.3 Å². The molecule has 1 atom stereocenters. The molecule has 2 heterocycles. The molecule has 1 aliphatic carbocycles. The molecule has 14 rings (SSSR count). The Labute approximate surface area is 406 Å². The van der Waals surface area contributed by atoms with Crippen LogP contribution in [0.4, 0.5) is 17.1 Å². The molecule has 11 aromatic carbocycles. The molecule has 1 aliphatic heterocycles. The number of benzene rings is 11. The van der Waals surface area contributed by atoms with E-state index in [-0.39, 0.29) is 5.92 Å². The first-order valence-electron chi connectivity index (χ1n) is 24.1. The number of anilines is 3. The number of fused-ring (bicyclic) bond motifs is 16. The van der Waals surface area contributed by atoms with Crippen molar-refractivity contribution in [2.24, 2.45) is 0 Å². The quantitative estimate of drug-likeness (QED) is 0.151. The minimum atomic E-state index is -0.549. The maximum Gasteiger partial charge on any atom is 0.132 e. The van der Waals surface area contributed by atoms with Crippen LogP contribution in [-0.2, 0) is 11.8 Å².